The van der Waals surface area contributed by atoms with Crippen molar-refractivity contribution in [2.24, 2.45) is 0 Å². The molecule has 1 aromatic rings. The van der Waals surface area contributed by atoms with Crippen molar-refractivity contribution in [1.82, 2.24) is 15.0 Å². The molecule has 0 saturated carbocycles. The molecule has 9 heteroatoms. The van der Waals surface area contributed by atoms with Gasteiger partial charge in [-0.2, -0.15) is 0 Å². The first-order chi connectivity index (χ1) is 8.99. The highest BCUT2D eigenvalue weighted by molar-refractivity contribution is 7.92. The summed E-state index contributed by atoms with van der Waals surface area (Å²) in [5.74, 6) is -1.25. The topological polar surface area (TPSA) is 111 Å². The van der Waals surface area contributed by atoms with E-state index in [-0.39, 0.29) is 23.2 Å². The number of aryl methyl sites for hydroxylation is 1. The molecule has 1 aliphatic heterocycles. The molecule has 1 saturated heterocycles. The second-order valence-corrected chi connectivity index (χ2v) is 6.75. The van der Waals surface area contributed by atoms with E-state index < -0.39 is 15.8 Å². The van der Waals surface area contributed by atoms with Crippen LogP contribution in [-0.2, 0) is 21.1 Å². The first-order valence-corrected chi connectivity index (χ1v) is 7.63. The molecule has 1 fully saturated rings. The average molecular weight is 289 g/mol. The normalized spacial score (nSPS) is 17.5. The van der Waals surface area contributed by atoms with Crippen molar-refractivity contribution in [3.05, 3.63) is 11.9 Å². The van der Waals surface area contributed by atoms with Crippen LogP contribution in [0, 0.1) is 0 Å². The Hall–Kier alpha value is -1.48. The van der Waals surface area contributed by atoms with E-state index in [1.807, 2.05) is 0 Å². The van der Waals surface area contributed by atoms with Crippen LogP contribution in [0.5, 0.6) is 0 Å². The summed E-state index contributed by atoms with van der Waals surface area (Å²) in [5.41, 5.74) is -0.191. The van der Waals surface area contributed by atoms with E-state index in [1.54, 1.807) is 0 Å². The SMILES string of the molecule is O=C(O)c1cn(CCS(=O)(=O)C2CCOCC2)nn1. The summed E-state index contributed by atoms with van der Waals surface area (Å²) >= 11 is 0. The van der Waals surface area contributed by atoms with Crippen molar-refractivity contribution in [1.29, 1.82) is 0 Å². The molecule has 0 amide bonds. The number of aromatic nitrogens is 3. The number of ether oxygens (including phenoxy) is 1. The lowest BCUT2D eigenvalue weighted by molar-refractivity contribution is 0.0690. The number of carboxylic acid groups (broad SMARTS) is 1. The summed E-state index contributed by atoms with van der Waals surface area (Å²) in [7, 11) is -3.21. The van der Waals surface area contributed by atoms with E-state index in [4.69, 9.17) is 9.84 Å². The molecule has 2 rings (SSSR count). The molecule has 0 radical (unpaired) electrons. The van der Waals surface area contributed by atoms with Crippen LogP contribution in [0.4, 0.5) is 0 Å². The molecule has 0 unspecified atom stereocenters. The number of rotatable bonds is 5. The molecule has 1 aliphatic rings. The van der Waals surface area contributed by atoms with Gasteiger partial charge in [0.1, 0.15) is 0 Å². The first-order valence-electron chi connectivity index (χ1n) is 5.92. The van der Waals surface area contributed by atoms with E-state index in [0.29, 0.717) is 26.1 Å². The van der Waals surface area contributed by atoms with E-state index in [0.717, 1.165) is 0 Å². The smallest absolute Gasteiger partial charge is 0.358 e. The van der Waals surface area contributed by atoms with Gasteiger partial charge in [-0.1, -0.05) is 5.21 Å². The minimum absolute atomic E-state index is 0.0694. The molecule has 1 N–H and O–H groups in total. The third kappa shape index (κ3) is 3.51. The lowest BCUT2D eigenvalue weighted by Gasteiger charge is -2.21. The van der Waals surface area contributed by atoms with Gasteiger partial charge in [0.05, 0.1) is 23.7 Å². The van der Waals surface area contributed by atoms with Crippen LogP contribution in [0.1, 0.15) is 23.3 Å². The van der Waals surface area contributed by atoms with Crippen molar-refractivity contribution < 1.29 is 23.1 Å². The second-order valence-electron chi connectivity index (χ2n) is 4.35. The highest BCUT2D eigenvalue weighted by Crippen LogP contribution is 2.16. The third-order valence-corrected chi connectivity index (χ3v) is 5.28. The maximum absolute atomic E-state index is 12.1. The Balaban J connectivity index is 1.94. The Bertz CT molecular complexity index is 547. The van der Waals surface area contributed by atoms with Gasteiger partial charge in [-0.3, -0.25) is 4.68 Å². The van der Waals surface area contributed by atoms with Crippen LogP contribution in [0.25, 0.3) is 0 Å². The lowest BCUT2D eigenvalue weighted by atomic mass is 10.2. The molecule has 0 atom stereocenters. The van der Waals surface area contributed by atoms with E-state index in [1.165, 1.54) is 10.9 Å². The van der Waals surface area contributed by atoms with E-state index in [2.05, 4.69) is 10.3 Å². The fourth-order valence-corrected chi connectivity index (χ4v) is 3.61. The van der Waals surface area contributed by atoms with Crippen molar-refractivity contribution in [3.63, 3.8) is 0 Å². The number of hydrogen-bond donors (Lipinski definition) is 1. The number of sulfone groups is 1. The Morgan fingerprint density at radius 1 is 1.47 bits per heavy atom. The second kappa shape index (κ2) is 5.66. The summed E-state index contributed by atoms with van der Waals surface area (Å²) < 4.78 is 30.5. The minimum Gasteiger partial charge on any atom is -0.476 e. The molecule has 2 heterocycles. The average Bonchev–Trinajstić information content (AvgIpc) is 2.87. The van der Waals surface area contributed by atoms with Crippen LogP contribution in [0.3, 0.4) is 0 Å². The maximum atomic E-state index is 12.1. The van der Waals surface area contributed by atoms with Crippen molar-refractivity contribution in [2.45, 2.75) is 24.6 Å². The first kappa shape index (κ1) is 13.9. The number of nitrogens with zero attached hydrogens (tertiary/aromatic N) is 3. The highest BCUT2D eigenvalue weighted by atomic mass is 32.2. The van der Waals surface area contributed by atoms with Gasteiger partial charge in [0, 0.05) is 13.2 Å². The zero-order chi connectivity index (χ0) is 13.9. The molecule has 0 spiro atoms. The standard InChI is InChI=1S/C10H15N3O5S/c14-10(15)9-7-13(12-11-9)3-6-19(16,17)8-1-4-18-5-2-8/h7-8H,1-6H2,(H,14,15). The van der Waals surface area contributed by atoms with E-state index >= 15 is 0 Å². The lowest BCUT2D eigenvalue weighted by Crippen LogP contribution is -2.32. The molecular formula is C10H15N3O5S. The van der Waals surface area contributed by atoms with Crippen molar-refractivity contribution >= 4 is 15.8 Å². The van der Waals surface area contributed by atoms with Crippen LogP contribution < -0.4 is 0 Å². The Kier molecular flexibility index (Phi) is 4.15. The van der Waals surface area contributed by atoms with Gasteiger partial charge in [-0.15, -0.1) is 5.10 Å². The fraction of sp³-hybridized carbons (Fsp3) is 0.700. The molecular weight excluding hydrogens is 274 g/mol. The van der Waals surface area contributed by atoms with Crippen LogP contribution >= 0.6 is 0 Å². The number of carbonyl (C=O) groups is 1. The monoisotopic (exact) mass is 289 g/mol. The number of aromatic carboxylic acids is 1. The minimum atomic E-state index is -3.21. The van der Waals surface area contributed by atoms with Crippen LogP contribution in [-0.4, -0.2) is 58.7 Å². The summed E-state index contributed by atoms with van der Waals surface area (Å²) in [4.78, 5) is 10.6. The zero-order valence-corrected chi connectivity index (χ0v) is 11.0. The van der Waals surface area contributed by atoms with Gasteiger partial charge < -0.3 is 9.84 Å². The molecule has 19 heavy (non-hydrogen) atoms. The molecule has 8 nitrogen and oxygen atoms in total. The zero-order valence-electron chi connectivity index (χ0n) is 10.2. The van der Waals surface area contributed by atoms with Gasteiger partial charge >= 0.3 is 5.97 Å². The molecule has 106 valence electrons. The van der Waals surface area contributed by atoms with Crippen LogP contribution in [0.2, 0.25) is 0 Å². The Morgan fingerprint density at radius 3 is 2.74 bits per heavy atom. The largest absolute Gasteiger partial charge is 0.476 e. The van der Waals surface area contributed by atoms with E-state index in [9.17, 15) is 13.2 Å². The maximum Gasteiger partial charge on any atom is 0.358 e. The third-order valence-electron chi connectivity index (χ3n) is 3.04. The molecule has 0 aliphatic carbocycles. The number of hydrogen-bond acceptors (Lipinski definition) is 6. The summed E-state index contributed by atoms with van der Waals surface area (Å²) in [5, 5.41) is 15.3. The predicted octanol–water partition coefficient (Wildman–Crippen LogP) is -0.430. The van der Waals surface area contributed by atoms with Crippen molar-refractivity contribution in [3.8, 4) is 0 Å². The van der Waals surface area contributed by atoms with Gasteiger partial charge in [0.15, 0.2) is 15.5 Å². The van der Waals surface area contributed by atoms with Gasteiger partial charge in [0.25, 0.3) is 0 Å². The highest BCUT2D eigenvalue weighted by Gasteiger charge is 2.27. The Morgan fingerprint density at radius 2 is 2.16 bits per heavy atom. The van der Waals surface area contributed by atoms with Crippen molar-refractivity contribution in [2.75, 3.05) is 19.0 Å². The fourth-order valence-electron chi connectivity index (χ4n) is 1.93. The molecule has 0 bridgehead atoms. The quantitative estimate of drug-likeness (QED) is 0.782. The Labute approximate surface area is 110 Å². The summed E-state index contributed by atoms with van der Waals surface area (Å²) in [6.45, 7) is 1.05. The summed E-state index contributed by atoms with van der Waals surface area (Å²) in [6.07, 6.45) is 2.25. The van der Waals surface area contributed by atoms with Gasteiger partial charge in [0.2, 0.25) is 0 Å². The van der Waals surface area contributed by atoms with Crippen LogP contribution in [0.15, 0.2) is 6.20 Å². The molecule has 1 aromatic heterocycles. The molecule has 0 aromatic carbocycles. The van der Waals surface area contributed by atoms with Gasteiger partial charge in [-0.05, 0) is 12.8 Å². The van der Waals surface area contributed by atoms with Gasteiger partial charge in [-0.25, -0.2) is 13.2 Å². The predicted molar refractivity (Wildman–Crippen MR) is 64.6 cm³/mol. The number of carboxylic acids is 1. The summed E-state index contributed by atoms with van der Waals surface area (Å²) in [6, 6.07) is 0.